The molecular formula is C7H8BrNOS. The SMILES string of the molecule is CC1COc2cc(Br)sc2N1. The number of ether oxygens (including phenoxy) is 1. The molecule has 4 heteroatoms. The van der Waals surface area contributed by atoms with Gasteiger partial charge in [0.1, 0.15) is 11.6 Å². The van der Waals surface area contributed by atoms with Gasteiger partial charge in [-0.2, -0.15) is 0 Å². The number of hydrogen-bond acceptors (Lipinski definition) is 3. The normalized spacial score (nSPS) is 21.8. The van der Waals surface area contributed by atoms with Crippen LogP contribution in [0.3, 0.4) is 0 Å². The van der Waals surface area contributed by atoms with E-state index in [9.17, 15) is 0 Å². The first kappa shape index (κ1) is 7.43. The predicted octanol–water partition coefficient (Wildman–Crippen LogP) is 2.70. The highest BCUT2D eigenvalue weighted by Gasteiger charge is 2.17. The highest BCUT2D eigenvalue weighted by atomic mass is 79.9. The predicted molar refractivity (Wildman–Crippen MR) is 50.6 cm³/mol. The van der Waals surface area contributed by atoms with Crippen LogP contribution in [0.2, 0.25) is 0 Å². The van der Waals surface area contributed by atoms with Gasteiger partial charge < -0.3 is 10.1 Å². The summed E-state index contributed by atoms with van der Waals surface area (Å²) in [7, 11) is 0. The summed E-state index contributed by atoms with van der Waals surface area (Å²) in [5.74, 6) is 0.972. The molecule has 1 aliphatic rings. The maximum atomic E-state index is 5.47. The minimum absolute atomic E-state index is 0.424. The Bertz CT molecular complexity index is 273. The van der Waals surface area contributed by atoms with E-state index in [-0.39, 0.29) is 0 Å². The molecule has 0 amide bonds. The van der Waals surface area contributed by atoms with Crippen molar-refractivity contribution in [3.8, 4) is 5.75 Å². The van der Waals surface area contributed by atoms with E-state index in [4.69, 9.17) is 4.74 Å². The van der Waals surface area contributed by atoms with E-state index in [1.54, 1.807) is 11.3 Å². The van der Waals surface area contributed by atoms with E-state index < -0.39 is 0 Å². The van der Waals surface area contributed by atoms with Gasteiger partial charge in [-0.25, -0.2) is 0 Å². The van der Waals surface area contributed by atoms with Gasteiger partial charge in [0.25, 0.3) is 0 Å². The lowest BCUT2D eigenvalue weighted by atomic mass is 10.3. The summed E-state index contributed by atoms with van der Waals surface area (Å²) >= 11 is 5.09. The van der Waals surface area contributed by atoms with E-state index in [1.807, 2.05) is 6.07 Å². The van der Waals surface area contributed by atoms with Crippen LogP contribution in [0.5, 0.6) is 5.75 Å². The third kappa shape index (κ3) is 1.37. The topological polar surface area (TPSA) is 21.3 Å². The highest BCUT2D eigenvalue weighted by Crippen LogP contribution is 2.40. The monoisotopic (exact) mass is 233 g/mol. The van der Waals surface area contributed by atoms with Crippen LogP contribution in [-0.2, 0) is 0 Å². The zero-order valence-electron chi connectivity index (χ0n) is 6.06. The Kier molecular flexibility index (Phi) is 1.81. The third-order valence-electron chi connectivity index (χ3n) is 1.53. The van der Waals surface area contributed by atoms with Crippen molar-refractivity contribution < 1.29 is 4.74 Å². The second-order valence-corrected chi connectivity index (χ2v) is 5.03. The molecular weight excluding hydrogens is 226 g/mol. The number of thiophene rings is 1. The molecule has 60 valence electrons. The van der Waals surface area contributed by atoms with Gasteiger partial charge in [0, 0.05) is 6.07 Å². The lowest BCUT2D eigenvalue weighted by Crippen LogP contribution is -2.27. The maximum Gasteiger partial charge on any atom is 0.154 e. The Labute approximate surface area is 77.7 Å². The molecule has 1 unspecified atom stereocenters. The van der Waals surface area contributed by atoms with Crippen LogP contribution < -0.4 is 10.1 Å². The minimum Gasteiger partial charge on any atom is -0.488 e. The van der Waals surface area contributed by atoms with Gasteiger partial charge in [-0.15, -0.1) is 11.3 Å². The van der Waals surface area contributed by atoms with E-state index in [2.05, 4.69) is 28.2 Å². The van der Waals surface area contributed by atoms with Gasteiger partial charge in [0.2, 0.25) is 0 Å². The number of rotatable bonds is 0. The minimum atomic E-state index is 0.424. The van der Waals surface area contributed by atoms with Crippen LogP contribution in [0.1, 0.15) is 6.92 Å². The number of halogens is 1. The molecule has 0 aromatic carbocycles. The summed E-state index contributed by atoms with van der Waals surface area (Å²) in [5, 5.41) is 4.48. The smallest absolute Gasteiger partial charge is 0.154 e. The average Bonchev–Trinajstić information content (AvgIpc) is 2.27. The molecule has 1 aliphatic heterocycles. The molecule has 1 N–H and O–H groups in total. The van der Waals surface area contributed by atoms with Crippen LogP contribution in [0.25, 0.3) is 0 Å². The molecule has 1 aromatic heterocycles. The van der Waals surface area contributed by atoms with Crippen molar-refractivity contribution in [2.75, 3.05) is 11.9 Å². The number of anilines is 1. The Hall–Kier alpha value is -0.220. The standard InChI is InChI=1S/C7H8BrNOS/c1-4-3-10-5-2-6(8)11-7(5)9-4/h2,4,9H,3H2,1H3. The first-order valence-corrected chi connectivity index (χ1v) is 5.05. The highest BCUT2D eigenvalue weighted by molar-refractivity contribution is 9.11. The number of hydrogen-bond donors (Lipinski definition) is 1. The van der Waals surface area contributed by atoms with Gasteiger partial charge in [-0.1, -0.05) is 0 Å². The molecule has 0 fully saturated rings. The molecule has 0 radical (unpaired) electrons. The van der Waals surface area contributed by atoms with Crippen LogP contribution in [0, 0.1) is 0 Å². The Morgan fingerprint density at radius 3 is 3.45 bits per heavy atom. The molecule has 1 aromatic rings. The molecule has 0 saturated heterocycles. The largest absolute Gasteiger partial charge is 0.488 e. The van der Waals surface area contributed by atoms with Gasteiger partial charge in [0.15, 0.2) is 5.75 Å². The molecule has 0 aliphatic carbocycles. The van der Waals surface area contributed by atoms with Gasteiger partial charge in [-0.3, -0.25) is 0 Å². The molecule has 0 bridgehead atoms. The Balaban J connectivity index is 2.34. The quantitative estimate of drug-likeness (QED) is 0.745. The first-order valence-electron chi connectivity index (χ1n) is 3.44. The van der Waals surface area contributed by atoms with E-state index >= 15 is 0 Å². The summed E-state index contributed by atoms with van der Waals surface area (Å²) in [6.45, 7) is 2.87. The summed E-state index contributed by atoms with van der Waals surface area (Å²) in [6, 6.07) is 2.42. The van der Waals surface area contributed by atoms with E-state index in [0.717, 1.165) is 21.1 Å². The molecule has 0 saturated carbocycles. The third-order valence-corrected chi connectivity index (χ3v) is 3.08. The van der Waals surface area contributed by atoms with Gasteiger partial charge in [-0.05, 0) is 22.9 Å². The summed E-state index contributed by atoms with van der Waals surface area (Å²) in [6.07, 6.45) is 0. The molecule has 2 heterocycles. The molecule has 11 heavy (non-hydrogen) atoms. The lowest BCUT2D eigenvalue weighted by molar-refractivity contribution is 0.294. The summed E-state index contributed by atoms with van der Waals surface area (Å²) in [4.78, 5) is 0. The maximum absolute atomic E-state index is 5.47. The first-order chi connectivity index (χ1) is 5.25. The van der Waals surface area contributed by atoms with Crippen LogP contribution in [-0.4, -0.2) is 12.6 Å². The second kappa shape index (κ2) is 2.68. The van der Waals surface area contributed by atoms with Crippen molar-refractivity contribution in [2.24, 2.45) is 0 Å². The van der Waals surface area contributed by atoms with Crippen molar-refractivity contribution in [1.29, 1.82) is 0 Å². The average molecular weight is 234 g/mol. The fourth-order valence-electron chi connectivity index (χ4n) is 1.03. The van der Waals surface area contributed by atoms with Crippen molar-refractivity contribution in [2.45, 2.75) is 13.0 Å². The molecule has 2 nitrogen and oxygen atoms in total. The molecule has 1 atom stereocenters. The Morgan fingerprint density at radius 2 is 2.64 bits per heavy atom. The lowest BCUT2D eigenvalue weighted by Gasteiger charge is -2.21. The van der Waals surface area contributed by atoms with Gasteiger partial charge >= 0.3 is 0 Å². The summed E-state index contributed by atoms with van der Waals surface area (Å²) in [5.41, 5.74) is 0. The van der Waals surface area contributed by atoms with E-state index in [0.29, 0.717) is 6.04 Å². The summed E-state index contributed by atoms with van der Waals surface area (Å²) < 4.78 is 6.59. The van der Waals surface area contributed by atoms with Crippen molar-refractivity contribution in [1.82, 2.24) is 0 Å². The fraction of sp³-hybridized carbons (Fsp3) is 0.429. The van der Waals surface area contributed by atoms with E-state index in [1.165, 1.54) is 0 Å². The zero-order chi connectivity index (χ0) is 7.84. The Morgan fingerprint density at radius 1 is 1.82 bits per heavy atom. The fourth-order valence-corrected chi connectivity index (χ4v) is 2.57. The van der Waals surface area contributed by atoms with Crippen molar-refractivity contribution in [3.63, 3.8) is 0 Å². The van der Waals surface area contributed by atoms with Crippen LogP contribution in [0.4, 0.5) is 5.00 Å². The van der Waals surface area contributed by atoms with Crippen molar-refractivity contribution in [3.05, 3.63) is 9.85 Å². The molecule has 2 rings (SSSR count). The molecule has 0 spiro atoms. The second-order valence-electron chi connectivity index (χ2n) is 2.60. The van der Waals surface area contributed by atoms with Crippen molar-refractivity contribution >= 4 is 32.3 Å². The zero-order valence-corrected chi connectivity index (χ0v) is 8.46. The van der Waals surface area contributed by atoms with Crippen LogP contribution in [0.15, 0.2) is 9.85 Å². The number of fused-ring (bicyclic) bond motifs is 1. The van der Waals surface area contributed by atoms with Gasteiger partial charge in [0.05, 0.1) is 9.83 Å². The van der Waals surface area contributed by atoms with Crippen LogP contribution >= 0.6 is 27.3 Å². The number of nitrogens with one attached hydrogen (secondary N) is 1.